The van der Waals surface area contributed by atoms with Crippen LogP contribution in [0.2, 0.25) is 0 Å². The highest BCUT2D eigenvalue weighted by Crippen LogP contribution is 2.27. The summed E-state index contributed by atoms with van der Waals surface area (Å²) in [6, 6.07) is 7.73. The van der Waals surface area contributed by atoms with E-state index >= 15 is 0 Å². The van der Waals surface area contributed by atoms with E-state index in [0.29, 0.717) is 16.7 Å². The van der Waals surface area contributed by atoms with Gasteiger partial charge in [-0.3, -0.25) is 4.79 Å². The average Bonchev–Trinajstić information content (AvgIpc) is 2.99. The molecule has 2 amide bonds. The largest absolute Gasteiger partial charge is 0.480 e. The van der Waals surface area contributed by atoms with Crippen LogP contribution in [-0.2, 0) is 4.79 Å². The monoisotopic (exact) mass is 357 g/mol. The first kappa shape index (κ1) is 17.4. The van der Waals surface area contributed by atoms with Gasteiger partial charge in [-0.1, -0.05) is 6.07 Å². The Labute approximate surface area is 147 Å². The summed E-state index contributed by atoms with van der Waals surface area (Å²) in [5, 5.41) is 13.2. The van der Waals surface area contributed by atoms with Crippen LogP contribution in [0.4, 0.5) is 14.9 Å². The Hall–Kier alpha value is -3.42. The van der Waals surface area contributed by atoms with Crippen LogP contribution >= 0.6 is 0 Å². The number of urea groups is 1. The molecule has 3 aromatic rings. The first-order valence-corrected chi connectivity index (χ1v) is 7.81. The van der Waals surface area contributed by atoms with Gasteiger partial charge in [0.05, 0.1) is 5.69 Å². The van der Waals surface area contributed by atoms with Crippen LogP contribution < -0.4 is 10.6 Å². The van der Waals surface area contributed by atoms with Gasteiger partial charge in [0.25, 0.3) is 0 Å². The Bertz CT molecular complexity index is 999. The van der Waals surface area contributed by atoms with Gasteiger partial charge in [0.2, 0.25) is 5.89 Å². The molecule has 0 radical (unpaired) electrons. The molecular formula is C18H16FN3O4. The predicted octanol–water partition coefficient (Wildman–Crippen LogP) is 3.54. The minimum absolute atomic E-state index is 0.0872. The second kappa shape index (κ2) is 6.83. The number of hydrogen-bond acceptors (Lipinski definition) is 4. The highest BCUT2D eigenvalue weighted by Gasteiger charge is 2.16. The van der Waals surface area contributed by atoms with E-state index in [9.17, 15) is 14.0 Å². The van der Waals surface area contributed by atoms with Gasteiger partial charge < -0.3 is 20.2 Å². The van der Waals surface area contributed by atoms with E-state index in [1.165, 1.54) is 19.1 Å². The molecule has 0 bridgehead atoms. The maximum atomic E-state index is 14.3. The van der Waals surface area contributed by atoms with Crippen molar-refractivity contribution in [1.82, 2.24) is 10.3 Å². The van der Waals surface area contributed by atoms with Gasteiger partial charge in [-0.15, -0.1) is 0 Å². The number of amides is 2. The molecule has 1 aromatic heterocycles. The molecule has 2 aromatic carbocycles. The van der Waals surface area contributed by atoms with Gasteiger partial charge in [0.1, 0.15) is 17.4 Å². The number of hydrogen-bond donors (Lipinski definition) is 3. The number of anilines is 1. The van der Waals surface area contributed by atoms with Gasteiger partial charge in [-0.2, -0.15) is 0 Å². The van der Waals surface area contributed by atoms with Crippen molar-refractivity contribution >= 4 is 28.8 Å². The number of carbonyl (C=O) groups excluding carboxylic acids is 1. The molecule has 0 fully saturated rings. The molecule has 0 aliphatic rings. The van der Waals surface area contributed by atoms with Crippen LogP contribution in [0.25, 0.3) is 22.6 Å². The standard InChI is InChI=1S/C18H16FN3O4/c1-9-3-6-15-14(7-9)21-16(26-15)11-4-5-13(12(19)8-11)22-18(25)20-10(2)17(23)24/h3-8,10H,1-2H3,(H,23,24)(H2,20,22,25)/t10-/m0/s1. The summed E-state index contributed by atoms with van der Waals surface area (Å²) in [6.45, 7) is 3.24. The number of carbonyl (C=O) groups is 2. The highest BCUT2D eigenvalue weighted by atomic mass is 19.1. The highest BCUT2D eigenvalue weighted by molar-refractivity contribution is 5.92. The summed E-state index contributed by atoms with van der Waals surface area (Å²) >= 11 is 0. The zero-order valence-electron chi connectivity index (χ0n) is 14.0. The molecule has 3 N–H and O–H groups in total. The zero-order chi connectivity index (χ0) is 18.8. The van der Waals surface area contributed by atoms with Gasteiger partial charge in [-0.05, 0) is 49.7 Å². The zero-order valence-corrected chi connectivity index (χ0v) is 14.0. The smallest absolute Gasteiger partial charge is 0.325 e. The van der Waals surface area contributed by atoms with Gasteiger partial charge >= 0.3 is 12.0 Å². The number of nitrogens with one attached hydrogen (secondary N) is 2. The number of aromatic nitrogens is 1. The second-order valence-corrected chi connectivity index (χ2v) is 5.84. The van der Waals surface area contributed by atoms with Gasteiger partial charge in [0.15, 0.2) is 5.58 Å². The Balaban J connectivity index is 1.80. The SMILES string of the molecule is Cc1ccc2oc(-c3ccc(NC(=O)N[C@@H](C)C(=O)O)c(F)c3)nc2c1. The number of nitrogens with zero attached hydrogens (tertiary/aromatic N) is 1. The van der Waals surface area contributed by atoms with Crippen LogP contribution in [0.3, 0.4) is 0 Å². The fourth-order valence-electron chi connectivity index (χ4n) is 2.33. The van der Waals surface area contributed by atoms with Gasteiger partial charge in [-0.25, -0.2) is 14.2 Å². The van der Waals surface area contributed by atoms with Crippen molar-refractivity contribution in [2.45, 2.75) is 19.9 Å². The van der Waals surface area contributed by atoms with Crippen LogP contribution in [0.15, 0.2) is 40.8 Å². The normalized spacial score (nSPS) is 12.0. The number of fused-ring (bicyclic) bond motifs is 1. The van der Waals surface area contributed by atoms with E-state index < -0.39 is 23.9 Å². The third-order valence-corrected chi connectivity index (χ3v) is 3.73. The van der Waals surface area contributed by atoms with E-state index in [1.54, 1.807) is 12.1 Å². The molecule has 26 heavy (non-hydrogen) atoms. The molecule has 7 nitrogen and oxygen atoms in total. The number of halogens is 1. The molecule has 3 rings (SSSR count). The van der Waals surface area contributed by atoms with Crippen LogP contribution in [0.5, 0.6) is 0 Å². The lowest BCUT2D eigenvalue weighted by Gasteiger charge is -2.11. The Morgan fingerprint density at radius 2 is 2.00 bits per heavy atom. The molecule has 8 heteroatoms. The number of rotatable bonds is 4. The molecule has 0 aliphatic carbocycles. The molecule has 0 spiro atoms. The number of carboxylic acid groups (broad SMARTS) is 1. The summed E-state index contributed by atoms with van der Waals surface area (Å²) in [5.41, 5.74) is 2.63. The first-order chi connectivity index (χ1) is 12.3. The lowest BCUT2D eigenvalue weighted by molar-refractivity contribution is -0.138. The van der Waals surface area contributed by atoms with E-state index in [1.807, 2.05) is 19.1 Å². The number of aryl methyl sites for hydroxylation is 1. The molecule has 1 heterocycles. The maximum absolute atomic E-state index is 14.3. The Morgan fingerprint density at radius 3 is 2.69 bits per heavy atom. The summed E-state index contributed by atoms with van der Waals surface area (Å²) < 4.78 is 19.9. The van der Waals surface area contributed by atoms with Crippen molar-refractivity contribution in [1.29, 1.82) is 0 Å². The molecule has 0 saturated carbocycles. The molecule has 0 aliphatic heterocycles. The fraction of sp³-hybridized carbons (Fsp3) is 0.167. The quantitative estimate of drug-likeness (QED) is 0.662. The van der Waals surface area contributed by atoms with Crippen molar-refractivity contribution in [3.8, 4) is 11.5 Å². The summed E-state index contributed by atoms with van der Waals surface area (Å²) in [6.07, 6.45) is 0. The van der Waals surface area contributed by atoms with Crippen LogP contribution in [0, 0.1) is 12.7 Å². The molecule has 0 unspecified atom stereocenters. The van der Waals surface area contributed by atoms with E-state index in [-0.39, 0.29) is 11.6 Å². The minimum atomic E-state index is -1.19. The lowest BCUT2D eigenvalue weighted by Crippen LogP contribution is -2.41. The lowest BCUT2D eigenvalue weighted by atomic mass is 10.2. The average molecular weight is 357 g/mol. The first-order valence-electron chi connectivity index (χ1n) is 7.81. The topological polar surface area (TPSA) is 104 Å². The minimum Gasteiger partial charge on any atom is -0.480 e. The van der Waals surface area contributed by atoms with Crippen LogP contribution in [-0.4, -0.2) is 28.1 Å². The third kappa shape index (κ3) is 3.64. The Kier molecular flexibility index (Phi) is 4.57. The molecule has 134 valence electrons. The van der Waals surface area contributed by atoms with E-state index in [4.69, 9.17) is 9.52 Å². The number of aliphatic carboxylic acids is 1. The van der Waals surface area contributed by atoms with E-state index in [2.05, 4.69) is 15.6 Å². The molecule has 1 atom stereocenters. The number of carboxylic acids is 1. The maximum Gasteiger partial charge on any atom is 0.325 e. The van der Waals surface area contributed by atoms with Crippen molar-refractivity contribution < 1.29 is 23.5 Å². The summed E-state index contributed by atoms with van der Waals surface area (Å²) in [7, 11) is 0. The second-order valence-electron chi connectivity index (χ2n) is 5.84. The third-order valence-electron chi connectivity index (χ3n) is 3.73. The number of oxazole rings is 1. The van der Waals surface area contributed by atoms with Crippen molar-refractivity contribution in [2.24, 2.45) is 0 Å². The predicted molar refractivity (Wildman–Crippen MR) is 93.4 cm³/mol. The molecule has 0 saturated heterocycles. The fourth-order valence-corrected chi connectivity index (χ4v) is 2.33. The number of benzene rings is 2. The molecular weight excluding hydrogens is 341 g/mol. The van der Waals surface area contributed by atoms with Crippen molar-refractivity contribution in [3.05, 3.63) is 47.8 Å². The van der Waals surface area contributed by atoms with E-state index in [0.717, 1.165) is 5.56 Å². The van der Waals surface area contributed by atoms with Gasteiger partial charge in [0, 0.05) is 5.56 Å². The van der Waals surface area contributed by atoms with Crippen LogP contribution in [0.1, 0.15) is 12.5 Å². The summed E-state index contributed by atoms with van der Waals surface area (Å²) in [4.78, 5) is 26.8. The van der Waals surface area contributed by atoms with Crippen molar-refractivity contribution in [2.75, 3.05) is 5.32 Å². The Morgan fingerprint density at radius 1 is 1.23 bits per heavy atom. The summed E-state index contributed by atoms with van der Waals surface area (Å²) in [5.74, 6) is -1.62. The van der Waals surface area contributed by atoms with Crippen molar-refractivity contribution in [3.63, 3.8) is 0 Å².